The van der Waals surface area contributed by atoms with Gasteiger partial charge in [-0.15, -0.1) is 0 Å². The Bertz CT molecular complexity index is 445. The molecule has 0 bridgehead atoms. The number of hydrogen-bond acceptors (Lipinski definition) is 6. The first kappa shape index (κ1) is 13.0. The summed E-state index contributed by atoms with van der Waals surface area (Å²) in [5.74, 6) is -0.431. The zero-order valence-electron chi connectivity index (χ0n) is 9.89. The highest BCUT2D eigenvalue weighted by atomic mass is 16.6. The summed E-state index contributed by atoms with van der Waals surface area (Å²) < 4.78 is 0. The Balaban J connectivity index is 3.37. The minimum atomic E-state index is -0.431. The Hall–Kier alpha value is -2.02. The molecule has 7 nitrogen and oxygen atoms in total. The second kappa shape index (κ2) is 5.90. The van der Waals surface area contributed by atoms with E-state index in [-0.39, 0.29) is 12.3 Å². The van der Waals surface area contributed by atoms with Crippen molar-refractivity contribution in [3.05, 3.63) is 23.3 Å². The molecule has 0 atom stereocenters. The van der Waals surface area contributed by atoms with E-state index in [0.29, 0.717) is 17.0 Å². The zero-order valence-corrected chi connectivity index (χ0v) is 9.89. The molecule has 0 aliphatic rings. The number of carbonyl (C=O) groups excluding carboxylic acids is 1. The van der Waals surface area contributed by atoms with Crippen LogP contribution >= 0.6 is 0 Å². The lowest BCUT2D eigenvalue weighted by Gasteiger charge is -2.10. The summed E-state index contributed by atoms with van der Waals surface area (Å²) in [5.41, 5.74) is 1.30. The van der Waals surface area contributed by atoms with Crippen LogP contribution in [0.1, 0.15) is 17.0 Å². The van der Waals surface area contributed by atoms with Crippen molar-refractivity contribution in [1.82, 2.24) is 15.3 Å². The molecule has 1 aromatic heterocycles. The van der Waals surface area contributed by atoms with E-state index in [1.54, 1.807) is 6.92 Å². The molecule has 2 N–H and O–H groups in total. The molecule has 7 heteroatoms. The number of likely N-dealkylation sites (N-methyl/N-ethyl adjacent to an activating group) is 1. The van der Waals surface area contributed by atoms with E-state index >= 15 is 0 Å². The molecule has 1 heterocycles. The smallest absolute Gasteiger partial charge is 0.273 e. The number of nitrogens with zero attached hydrogens (tertiary/aromatic N) is 3. The average molecular weight is 238 g/mol. The third-order valence-electron chi connectivity index (χ3n) is 2.13. The molecule has 0 saturated heterocycles. The van der Waals surface area contributed by atoms with Crippen LogP contribution in [0.4, 0.5) is 0 Å². The molecule has 92 valence electrons. The summed E-state index contributed by atoms with van der Waals surface area (Å²) in [4.78, 5) is 24.2. The number of oxime groups is 1. The number of aryl methyl sites for hydroxylation is 1. The number of amides is 1. The highest BCUT2D eigenvalue weighted by Crippen LogP contribution is 2.11. The molecule has 17 heavy (non-hydrogen) atoms. The Kier molecular flexibility index (Phi) is 4.53. The van der Waals surface area contributed by atoms with Crippen LogP contribution < -0.4 is 5.32 Å². The van der Waals surface area contributed by atoms with Gasteiger partial charge in [0, 0.05) is 7.05 Å². The molecule has 0 radical (unpaired) electrons. The second-order valence-corrected chi connectivity index (χ2v) is 3.14. The third-order valence-corrected chi connectivity index (χ3v) is 2.13. The van der Waals surface area contributed by atoms with Gasteiger partial charge < -0.3 is 15.3 Å². The monoisotopic (exact) mass is 238 g/mol. The van der Waals surface area contributed by atoms with Crippen LogP contribution in [0.2, 0.25) is 0 Å². The summed E-state index contributed by atoms with van der Waals surface area (Å²) in [6.07, 6.45) is 1.32. The number of aromatic nitrogens is 2. The molecule has 0 fully saturated rings. The number of hydrogen-bond donors (Lipinski definition) is 2. The minimum absolute atomic E-state index is 0.0390. The number of nitrogens with one attached hydrogen (secondary N) is 1. The molecule has 0 aliphatic carbocycles. The molecular formula is C10H14N4O3. The van der Waals surface area contributed by atoms with Crippen LogP contribution in [0.15, 0.2) is 11.5 Å². The highest BCUT2D eigenvalue weighted by Gasteiger charge is 2.21. The number of rotatable bonds is 4. The van der Waals surface area contributed by atoms with Crippen molar-refractivity contribution in [2.45, 2.75) is 13.5 Å². The van der Waals surface area contributed by atoms with E-state index in [1.165, 1.54) is 20.5 Å². The minimum Gasteiger partial charge on any atom is -0.398 e. The van der Waals surface area contributed by atoms with E-state index in [1.807, 2.05) is 0 Å². The predicted molar refractivity (Wildman–Crippen MR) is 60.3 cm³/mol. The van der Waals surface area contributed by atoms with E-state index in [9.17, 15) is 9.90 Å². The fourth-order valence-electron chi connectivity index (χ4n) is 1.36. The Labute approximate surface area is 98.5 Å². The first-order valence-corrected chi connectivity index (χ1v) is 4.90. The van der Waals surface area contributed by atoms with Gasteiger partial charge in [-0.2, -0.15) is 0 Å². The molecule has 0 saturated carbocycles. The molecule has 0 aliphatic heterocycles. The molecule has 1 aromatic rings. The normalized spacial score (nSPS) is 11.2. The number of aliphatic hydroxyl groups excluding tert-OH is 1. The molecular weight excluding hydrogens is 224 g/mol. The first-order valence-electron chi connectivity index (χ1n) is 4.90. The Morgan fingerprint density at radius 3 is 2.82 bits per heavy atom. The second-order valence-electron chi connectivity index (χ2n) is 3.14. The van der Waals surface area contributed by atoms with Gasteiger partial charge >= 0.3 is 0 Å². The SMILES string of the molecule is CNC(=O)/C(=N/OC)c1c(C)ncnc1CO. The van der Waals surface area contributed by atoms with E-state index in [0.717, 1.165) is 0 Å². The van der Waals surface area contributed by atoms with Crippen LogP contribution in [-0.4, -0.2) is 40.9 Å². The summed E-state index contributed by atoms with van der Waals surface area (Å²) >= 11 is 0. The van der Waals surface area contributed by atoms with Crippen molar-refractivity contribution >= 4 is 11.6 Å². The average Bonchev–Trinajstić information content (AvgIpc) is 2.35. The predicted octanol–water partition coefficient (Wildman–Crippen LogP) is -0.626. The first-order chi connectivity index (χ1) is 8.15. The lowest BCUT2D eigenvalue weighted by molar-refractivity contribution is -0.114. The van der Waals surface area contributed by atoms with Gasteiger partial charge in [0.05, 0.1) is 23.6 Å². The summed E-state index contributed by atoms with van der Waals surface area (Å²) in [6.45, 7) is 1.39. The fourth-order valence-corrected chi connectivity index (χ4v) is 1.36. The van der Waals surface area contributed by atoms with Crippen LogP contribution in [0.3, 0.4) is 0 Å². The molecule has 0 aromatic carbocycles. The van der Waals surface area contributed by atoms with Gasteiger partial charge in [0.15, 0.2) is 5.71 Å². The maximum atomic E-state index is 11.7. The van der Waals surface area contributed by atoms with Gasteiger partial charge in [0.1, 0.15) is 13.4 Å². The molecule has 1 rings (SSSR count). The van der Waals surface area contributed by atoms with Crippen molar-refractivity contribution in [1.29, 1.82) is 0 Å². The summed E-state index contributed by atoms with van der Waals surface area (Å²) in [5, 5.41) is 15.3. The van der Waals surface area contributed by atoms with Crippen molar-refractivity contribution < 1.29 is 14.7 Å². The quantitative estimate of drug-likeness (QED) is 0.538. The van der Waals surface area contributed by atoms with Gasteiger partial charge in [-0.05, 0) is 6.92 Å². The third kappa shape index (κ3) is 2.76. The summed E-state index contributed by atoms with van der Waals surface area (Å²) in [7, 11) is 2.81. The van der Waals surface area contributed by atoms with Crippen LogP contribution in [0, 0.1) is 6.92 Å². The van der Waals surface area contributed by atoms with Crippen molar-refractivity contribution in [2.24, 2.45) is 5.16 Å². The standard InChI is InChI=1S/C10H14N4O3/c1-6-8(7(4-15)13-5-12-6)9(14-17-3)10(16)11-2/h5,15H,4H2,1-3H3,(H,11,16)/b14-9+. The lowest BCUT2D eigenvalue weighted by atomic mass is 10.1. The van der Waals surface area contributed by atoms with Gasteiger partial charge in [0.25, 0.3) is 5.91 Å². The Morgan fingerprint density at radius 2 is 2.29 bits per heavy atom. The topological polar surface area (TPSA) is 96.7 Å². The summed E-state index contributed by atoms with van der Waals surface area (Å²) in [6, 6.07) is 0. The molecule has 1 amide bonds. The van der Waals surface area contributed by atoms with Crippen molar-refractivity contribution in [3.8, 4) is 0 Å². The van der Waals surface area contributed by atoms with Crippen LogP contribution in [0.25, 0.3) is 0 Å². The van der Waals surface area contributed by atoms with Crippen molar-refractivity contribution in [3.63, 3.8) is 0 Å². The molecule has 0 spiro atoms. The maximum Gasteiger partial charge on any atom is 0.273 e. The number of aliphatic hydroxyl groups is 1. The van der Waals surface area contributed by atoms with Gasteiger partial charge in [-0.1, -0.05) is 5.16 Å². The largest absolute Gasteiger partial charge is 0.398 e. The van der Waals surface area contributed by atoms with Gasteiger partial charge in [-0.25, -0.2) is 9.97 Å². The van der Waals surface area contributed by atoms with E-state index in [4.69, 9.17) is 0 Å². The maximum absolute atomic E-state index is 11.7. The van der Waals surface area contributed by atoms with Crippen molar-refractivity contribution in [2.75, 3.05) is 14.2 Å². The van der Waals surface area contributed by atoms with E-state index in [2.05, 4.69) is 25.3 Å². The van der Waals surface area contributed by atoms with Crippen LogP contribution in [-0.2, 0) is 16.2 Å². The van der Waals surface area contributed by atoms with Gasteiger partial charge in [0.2, 0.25) is 0 Å². The van der Waals surface area contributed by atoms with Crippen LogP contribution in [0.5, 0.6) is 0 Å². The Morgan fingerprint density at radius 1 is 1.59 bits per heavy atom. The molecule has 0 unspecified atom stereocenters. The fraction of sp³-hybridized carbons (Fsp3) is 0.400. The number of carbonyl (C=O) groups is 1. The van der Waals surface area contributed by atoms with E-state index < -0.39 is 5.91 Å². The lowest BCUT2D eigenvalue weighted by Crippen LogP contribution is -2.30. The zero-order chi connectivity index (χ0) is 12.8. The van der Waals surface area contributed by atoms with Gasteiger partial charge in [-0.3, -0.25) is 4.79 Å². The highest BCUT2D eigenvalue weighted by molar-refractivity contribution is 6.45.